The fraction of sp³-hybridized carbons (Fsp3) is 0.308. The first kappa shape index (κ1) is 26.3. The summed E-state index contributed by atoms with van der Waals surface area (Å²) < 4.78 is 40.8. The number of rotatable bonds is 9. The van der Waals surface area contributed by atoms with Gasteiger partial charge in [0.25, 0.3) is 0 Å². The summed E-state index contributed by atoms with van der Waals surface area (Å²) in [5.74, 6) is -1.33. The minimum atomic E-state index is -3.97. The minimum Gasteiger partial charge on any atom is -0.352 e. The van der Waals surface area contributed by atoms with Crippen LogP contribution >= 0.6 is 0 Å². The van der Waals surface area contributed by atoms with E-state index < -0.39 is 34.3 Å². The van der Waals surface area contributed by atoms with Gasteiger partial charge in [0.2, 0.25) is 21.8 Å². The average molecular weight is 500 g/mol. The molecule has 3 rings (SSSR count). The minimum absolute atomic E-state index is 0.0235. The SMILES string of the molecule is CC(C)NC(=O)[C@H](C)N(Cc1ccc(F)cc1)C(=O)CN(C)S(=O)(=O)c1ccc2ccccc2c1. The van der Waals surface area contributed by atoms with Crippen molar-refractivity contribution in [1.29, 1.82) is 0 Å². The molecule has 1 atom stereocenters. The smallest absolute Gasteiger partial charge is 0.243 e. The van der Waals surface area contributed by atoms with E-state index in [1.165, 1.54) is 42.3 Å². The molecular formula is C26H30FN3O4S. The molecule has 0 unspecified atom stereocenters. The van der Waals surface area contributed by atoms with Gasteiger partial charge in [0.05, 0.1) is 11.4 Å². The lowest BCUT2D eigenvalue weighted by atomic mass is 10.1. The lowest BCUT2D eigenvalue weighted by Crippen LogP contribution is -2.51. The van der Waals surface area contributed by atoms with Crippen molar-refractivity contribution in [3.63, 3.8) is 0 Å². The second-order valence-corrected chi connectivity index (χ2v) is 10.8. The Morgan fingerprint density at radius 2 is 1.57 bits per heavy atom. The first-order valence-electron chi connectivity index (χ1n) is 11.3. The van der Waals surface area contributed by atoms with Gasteiger partial charge in [-0.05, 0) is 61.4 Å². The van der Waals surface area contributed by atoms with Crippen molar-refractivity contribution < 1.29 is 22.4 Å². The van der Waals surface area contributed by atoms with Crippen LogP contribution in [-0.2, 0) is 26.2 Å². The molecule has 0 heterocycles. The lowest BCUT2D eigenvalue weighted by molar-refractivity contribution is -0.140. The first-order chi connectivity index (χ1) is 16.5. The van der Waals surface area contributed by atoms with Crippen LogP contribution in [0.5, 0.6) is 0 Å². The summed E-state index contributed by atoms with van der Waals surface area (Å²) in [6, 6.07) is 16.8. The lowest BCUT2D eigenvalue weighted by Gasteiger charge is -2.30. The number of carbonyl (C=O) groups is 2. The fourth-order valence-electron chi connectivity index (χ4n) is 3.65. The molecule has 1 N–H and O–H groups in total. The molecule has 3 aromatic carbocycles. The quantitative estimate of drug-likeness (QED) is 0.488. The monoisotopic (exact) mass is 499 g/mol. The molecule has 0 saturated heterocycles. The zero-order chi connectivity index (χ0) is 25.8. The third-order valence-electron chi connectivity index (χ3n) is 5.65. The molecule has 0 spiro atoms. The average Bonchev–Trinajstić information content (AvgIpc) is 2.82. The maximum absolute atomic E-state index is 13.4. The van der Waals surface area contributed by atoms with Gasteiger partial charge >= 0.3 is 0 Å². The van der Waals surface area contributed by atoms with Crippen molar-refractivity contribution in [2.24, 2.45) is 0 Å². The number of likely N-dealkylation sites (N-methyl/N-ethyl adjacent to an activating group) is 1. The molecule has 35 heavy (non-hydrogen) atoms. The Kier molecular flexibility index (Phi) is 8.24. The summed E-state index contributed by atoms with van der Waals surface area (Å²) in [6.07, 6.45) is 0. The highest BCUT2D eigenvalue weighted by molar-refractivity contribution is 7.89. The Morgan fingerprint density at radius 3 is 2.20 bits per heavy atom. The first-order valence-corrected chi connectivity index (χ1v) is 12.7. The van der Waals surface area contributed by atoms with Crippen LogP contribution in [0.15, 0.2) is 71.6 Å². The van der Waals surface area contributed by atoms with Gasteiger partial charge in [-0.3, -0.25) is 9.59 Å². The van der Waals surface area contributed by atoms with E-state index in [0.29, 0.717) is 5.56 Å². The predicted molar refractivity (Wildman–Crippen MR) is 133 cm³/mol. The molecule has 9 heteroatoms. The van der Waals surface area contributed by atoms with Gasteiger partial charge in [0, 0.05) is 19.6 Å². The van der Waals surface area contributed by atoms with Crippen LogP contribution < -0.4 is 5.32 Å². The fourth-order valence-corrected chi connectivity index (χ4v) is 4.80. The van der Waals surface area contributed by atoms with Crippen molar-refractivity contribution in [2.75, 3.05) is 13.6 Å². The molecule has 186 valence electrons. The van der Waals surface area contributed by atoms with E-state index in [1.54, 1.807) is 32.9 Å². The zero-order valence-corrected chi connectivity index (χ0v) is 21.0. The standard InChI is InChI=1S/C26H30FN3O4S/c1-18(2)28-26(32)19(3)30(16-20-9-12-23(27)13-10-20)25(31)17-29(4)35(33,34)24-14-11-21-7-5-6-8-22(21)15-24/h5-15,18-19H,16-17H2,1-4H3,(H,28,32)/t19-/m0/s1. The molecule has 7 nitrogen and oxygen atoms in total. The van der Waals surface area contributed by atoms with Crippen molar-refractivity contribution >= 4 is 32.6 Å². The number of carbonyl (C=O) groups excluding carboxylic acids is 2. The molecule has 0 aliphatic heterocycles. The normalized spacial score (nSPS) is 12.7. The molecule has 0 aliphatic carbocycles. The second kappa shape index (κ2) is 11.0. The van der Waals surface area contributed by atoms with Gasteiger partial charge in [-0.2, -0.15) is 4.31 Å². The van der Waals surface area contributed by atoms with E-state index in [0.717, 1.165) is 15.1 Å². The maximum Gasteiger partial charge on any atom is 0.243 e. The summed E-state index contributed by atoms with van der Waals surface area (Å²) in [5.41, 5.74) is 0.615. The van der Waals surface area contributed by atoms with E-state index in [2.05, 4.69) is 5.32 Å². The molecule has 2 amide bonds. The van der Waals surface area contributed by atoms with Gasteiger partial charge in [-0.15, -0.1) is 0 Å². The Hall–Kier alpha value is -3.30. The summed E-state index contributed by atoms with van der Waals surface area (Å²) >= 11 is 0. The molecule has 0 aliphatic rings. The highest BCUT2D eigenvalue weighted by Gasteiger charge is 2.30. The van der Waals surface area contributed by atoms with Gasteiger partial charge in [-0.1, -0.05) is 42.5 Å². The van der Waals surface area contributed by atoms with Crippen LogP contribution in [0.3, 0.4) is 0 Å². The van der Waals surface area contributed by atoms with Gasteiger partial charge in [0.1, 0.15) is 11.9 Å². The van der Waals surface area contributed by atoms with E-state index >= 15 is 0 Å². The molecule has 0 fully saturated rings. The number of hydrogen-bond donors (Lipinski definition) is 1. The Bertz CT molecular complexity index is 1310. The number of hydrogen-bond acceptors (Lipinski definition) is 4. The van der Waals surface area contributed by atoms with Crippen LogP contribution in [0.4, 0.5) is 4.39 Å². The third kappa shape index (κ3) is 6.43. The van der Waals surface area contributed by atoms with Crippen LogP contribution in [-0.4, -0.2) is 55.1 Å². The van der Waals surface area contributed by atoms with E-state index in [4.69, 9.17) is 0 Å². The molecule has 3 aromatic rings. The summed E-state index contributed by atoms with van der Waals surface area (Å²) in [4.78, 5) is 27.4. The van der Waals surface area contributed by atoms with Crippen LogP contribution in [0.1, 0.15) is 26.3 Å². The number of sulfonamides is 1. The Labute approximate surface area is 205 Å². The molecular weight excluding hydrogens is 469 g/mol. The predicted octanol–water partition coefficient (Wildman–Crippen LogP) is 3.54. The zero-order valence-electron chi connectivity index (χ0n) is 20.2. The third-order valence-corrected chi connectivity index (χ3v) is 7.45. The highest BCUT2D eigenvalue weighted by atomic mass is 32.2. The van der Waals surface area contributed by atoms with Crippen molar-refractivity contribution in [3.05, 3.63) is 78.1 Å². The summed E-state index contributed by atoms with van der Waals surface area (Å²) in [5, 5.41) is 4.45. The molecule has 0 bridgehead atoms. The summed E-state index contributed by atoms with van der Waals surface area (Å²) in [6.45, 7) is 4.75. The number of fused-ring (bicyclic) bond motifs is 1. The molecule has 0 radical (unpaired) electrons. The van der Waals surface area contributed by atoms with Crippen LogP contribution in [0, 0.1) is 5.82 Å². The number of halogens is 1. The topological polar surface area (TPSA) is 86.8 Å². The van der Waals surface area contributed by atoms with Gasteiger partial charge in [0.15, 0.2) is 0 Å². The van der Waals surface area contributed by atoms with Crippen molar-refractivity contribution in [2.45, 2.75) is 44.3 Å². The van der Waals surface area contributed by atoms with Gasteiger partial charge < -0.3 is 10.2 Å². The largest absolute Gasteiger partial charge is 0.352 e. The number of nitrogens with zero attached hydrogens (tertiary/aromatic N) is 2. The van der Waals surface area contributed by atoms with Crippen molar-refractivity contribution in [1.82, 2.24) is 14.5 Å². The number of benzene rings is 3. The Morgan fingerprint density at radius 1 is 0.943 bits per heavy atom. The molecule has 0 aromatic heterocycles. The van der Waals surface area contributed by atoms with Crippen LogP contribution in [0.2, 0.25) is 0 Å². The highest BCUT2D eigenvalue weighted by Crippen LogP contribution is 2.22. The van der Waals surface area contributed by atoms with E-state index in [1.807, 2.05) is 24.3 Å². The molecule has 0 saturated carbocycles. The van der Waals surface area contributed by atoms with E-state index in [9.17, 15) is 22.4 Å². The van der Waals surface area contributed by atoms with Crippen molar-refractivity contribution in [3.8, 4) is 0 Å². The second-order valence-electron chi connectivity index (χ2n) is 8.76. The van der Waals surface area contributed by atoms with Gasteiger partial charge in [-0.25, -0.2) is 12.8 Å². The summed E-state index contributed by atoms with van der Waals surface area (Å²) in [7, 11) is -2.64. The number of amides is 2. The number of nitrogens with one attached hydrogen (secondary N) is 1. The maximum atomic E-state index is 13.4. The van der Waals surface area contributed by atoms with Crippen LogP contribution in [0.25, 0.3) is 10.8 Å². The van der Waals surface area contributed by atoms with E-state index in [-0.39, 0.29) is 23.4 Å². The Balaban J connectivity index is 1.84.